The molecule has 0 unspecified atom stereocenters. The van der Waals surface area contributed by atoms with Gasteiger partial charge >= 0.3 is 12.1 Å². The molecule has 1 aromatic carbocycles. The molecule has 2 bridgehead atoms. The van der Waals surface area contributed by atoms with Crippen LogP contribution in [0.4, 0.5) is 13.2 Å². The molecule has 9 nitrogen and oxygen atoms in total. The predicted molar refractivity (Wildman–Crippen MR) is 152 cm³/mol. The maximum absolute atomic E-state index is 13.0. The number of aliphatic hydroxyl groups is 1. The van der Waals surface area contributed by atoms with E-state index in [2.05, 4.69) is 27.2 Å². The number of aromatic carboxylic acids is 1. The van der Waals surface area contributed by atoms with Crippen molar-refractivity contribution in [3.8, 4) is 22.6 Å². The van der Waals surface area contributed by atoms with Gasteiger partial charge < -0.3 is 19.3 Å². The molecule has 232 valence electrons. The second-order valence-electron chi connectivity index (χ2n) is 12.0. The molecule has 44 heavy (non-hydrogen) atoms. The normalized spacial score (nSPS) is 22.6. The van der Waals surface area contributed by atoms with Crippen molar-refractivity contribution >= 4 is 29.2 Å². The summed E-state index contributed by atoms with van der Waals surface area (Å²) in [7, 11) is 0. The van der Waals surface area contributed by atoms with E-state index in [1.54, 1.807) is 0 Å². The smallest absolute Gasteiger partial charge is 0.417 e. The lowest BCUT2D eigenvalue weighted by atomic mass is 9.83. The quantitative estimate of drug-likeness (QED) is 0.212. The molecule has 0 amide bonds. The van der Waals surface area contributed by atoms with Crippen LogP contribution in [0.2, 0.25) is 10.0 Å². The molecule has 0 spiro atoms. The molecular weight excluding hydrogens is 624 g/mol. The molecule has 3 aliphatic rings. The van der Waals surface area contributed by atoms with E-state index in [-0.39, 0.29) is 23.4 Å². The lowest BCUT2D eigenvalue weighted by Gasteiger charge is -2.22. The fourth-order valence-electron chi connectivity index (χ4n) is 6.43. The number of pyridine rings is 1. The van der Waals surface area contributed by atoms with Crippen LogP contribution in [0.3, 0.4) is 0 Å². The largest absolute Gasteiger partial charge is 0.478 e. The maximum atomic E-state index is 13.0. The number of rotatable bonds is 6. The fraction of sp³-hybridized carbons (Fsp3) is 0.433. The molecular formula is C30H27Cl2F3N4O5. The number of aromatic nitrogens is 4. The molecule has 2 N–H and O–H groups in total. The van der Waals surface area contributed by atoms with Gasteiger partial charge in [0.15, 0.2) is 0 Å². The standard InChI is InChI=1S/C18H17F3N2O3.C12H10Cl2N2O2/c1-16-4-6-17(9-16,7-5-16)15-22-13(23-26-15)10-2-3-12(18(19,20)21)11(8-10)14(24)25;13-8-3-15-4-9(14)10(8)11-7(5-17)12(18-16-11)6-1-2-6/h2-3,8H,4-7,9H2,1H3,(H,24,25);3-4,6,17H,1-2,5H2. The van der Waals surface area contributed by atoms with Crippen molar-refractivity contribution in [2.45, 2.75) is 76.0 Å². The second kappa shape index (κ2) is 11.1. The molecule has 4 aromatic rings. The van der Waals surface area contributed by atoms with Crippen LogP contribution in [0.5, 0.6) is 0 Å². The van der Waals surface area contributed by atoms with Gasteiger partial charge in [0.2, 0.25) is 11.7 Å². The first-order valence-corrected chi connectivity index (χ1v) is 14.8. The topological polar surface area (TPSA) is 135 Å². The first-order valence-electron chi connectivity index (χ1n) is 14.0. The van der Waals surface area contributed by atoms with Gasteiger partial charge in [-0.25, -0.2) is 4.79 Å². The Kier molecular flexibility index (Phi) is 7.74. The minimum absolute atomic E-state index is 0.117. The van der Waals surface area contributed by atoms with Crippen molar-refractivity contribution in [2.75, 3.05) is 0 Å². The number of benzene rings is 1. The molecule has 3 aromatic heterocycles. The summed E-state index contributed by atoms with van der Waals surface area (Å²) in [4.78, 5) is 19.5. The van der Waals surface area contributed by atoms with Gasteiger partial charge in [-0.05, 0) is 62.5 Å². The van der Waals surface area contributed by atoms with E-state index in [1.165, 1.54) is 18.5 Å². The lowest BCUT2D eigenvalue weighted by Crippen LogP contribution is -2.19. The van der Waals surface area contributed by atoms with Crippen LogP contribution < -0.4 is 0 Å². The Morgan fingerprint density at radius 1 is 1.07 bits per heavy atom. The Morgan fingerprint density at radius 2 is 1.75 bits per heavy atom. The number of fused-ring (bicyclic) bond motifs is 2. The Morgan fingerprint density at radius 3 is 2.30 bits per heavy atom. The van der Waals surface area contributed by atoms with Crippen LogP contribution in [-0.4, -0.2) is 36.5 Å². The van der Waals surface area contributed by atoms with E-state index in [9.17, 15) is 23.1 Å². The van der Waals surface area contributed by atoms with Crippen molar-refractivity contribution < 1.29 is 37.2 Å². The monoisotopic (exact) mass is 650 g/mol. The summed E-state index contributed by atoms with van der Waals surface area (Å²) < 4.78 is 49.7. The van der Waals surface area contributed by atoms with E-state index < -0.39 is 23.3 Å². The number of nitrogens with zero attached hydrogens (tertiary/aromatic N) is 4. The SMILES string of the molecule is CC12CCC(c3nc(-c4ccc(C(F)(F)F)c(C(=O)O)c4)no3)(CC1)C2.OCc1c(-c2c(Cl)cncc2Cl)noc1C1CC1. The number of carbonyl (C=O) groups is 1. The minimum Gasteiger partial charge on any atom is -0.478 e. The molecule has 7 rings (SSSR count). The van der Waals surface area contributed by atoms with Crippen LogP contribution >= 0.6 is 23.2 Å². The molecule has 3 heterocycles. The number of alkyl halides is 3. The van der Waals surface area contributed by atoms with E-state index in [4.69, 9.17) is 37.4 Å². The van der Waals surface area contributed by atoms with E-state index in [0.717, 1.165) is 62.8 Å². The zero-order valence-electron chi connectivity index (χ0n) is 23.4. The van der Waals surface area contributed by atoms with E-state index in [1.807, 2.05) is 0 Å². The van der Waals surface area contributed by atoms with Crippen molar-refractivity contribution in [1.82, 2.24) is 20.3 Å². The Balaban J connectivity index is 0.000000167. The van der Waals surface area contributed by atoms with Crippen LogP contribution in [0, 0.1) is 5.41 Å². The molecule has 0 radical (unpaired) electrons. The summed E-state index contributed by atoms with van der Waals surface area (Å²) in [6, 6.07) is 2.87. The first kappa shape index (κ1) is 30.5. The highest BCUT2D eigenvalue weighted by atomic mass is 35.5. The number of hydrogen-bond acceptors (Lipinski definition) is 8. The molecule has 0 saturated heterocycles. The number of aliphatic hydroxyl groups excluding tert-OH is 1. The second-order valence-corrected chi connectivity index (χ2v) is 12.9. The third-order valence-electron chi connectivity index (χ3n) is 8.89. The van der Waals surface area contributed by atoms with Crippen LogP contribution in [0.15, 0.2) is 39.6 Å². The van der Waals surface area contributed by atoms with Crippen LogP contribution in [0.25, 0.3) is 22.6 Å². The third kappa shape index (κ3) is 5.59. The predicted octanol–water partition coefficient (Wildman–Crippen LogP) is 8.09. The summed E-state index contributed by atoms with van der Waals surface area (Å²) in [5.74, 6) is 0.0877. The van der Waals surface area contributed by atoms with Gasteiger partial charge in [0, 0.05) is 35.0 Å². The van der Waals surface area contributed by atoms with Gasteiger partial charge in [-0.2, -0.15) is 18.2 Å². The Labute approximate surface area is 259 Å². The van der Waals surface area contributed by atoms with Crippen molar-refractivity contribution in [2.24, 2.45) is 5.41 Å². The van der Waals surface area contributed by atoms with Gasteiger partial charge in [0.05, 0.1) is 33.2 Å². The number of carboxylic acid groups (broad SMARTS) is 1. The van der Waals surface area contributed by atoms with Gasteiger partial charge in [-0.3, -0.25) is 4.98 Å². The highest BCUT2D eigenvalue weighted by Crippen LogP contribution is 2.61. The number of carboxylic acids is 1. The molecule has 3 fully saturated rings. The van der Waals surface area contributed by atoms with Gasteiger partial charge in [0.1, 0.15) is 11.5 Å². The van der Waals surface area contributed by atoms with Crippen molar-refractivity contribution in [3.05, 3.63) is 69.0 Å². The van der Waals surface area contributed by atoms with E-state index in [0.29, 0.717) is 44.1 Å². The number of halogens is 5. The summed E-state index contributed by atoms with van der Waals surface area (Å²) >= 11 is 12.2. The molecule has 3 saturated carbocycles. The average molecular weight is 651 g/mol. The van der Waals surface area contributed by atoms with Gasteiger partial charge in [0.25, 0.3) is 0 Å². The highest BCUT2D eigenvalue weighted by molar-refractivity contribution is 6.38. The zero-order chi connectivity index (χ0) is 31.4. The zero-order valence-corrected chi connectivity index (χ0v) is 24.9. The average Bonchev–Trinajstić information content (AvgIpc) is 3.30. The fourth-order valence-corrected chi connectivity index (χ4v) is 6.97. The van der Waals surface area contributed by atoms with Crippen molar-refractivity contribution in [1.29, 1.82) is 0 Å². The van der Waals surface area contributed by atoms with Crippen LogP contribution in [-0.2, 0) is 18.2 Å². The van der Waals surface area contributed by atoms with Gasteiger partial charge in [-0.1, -0.05) is 46.5 Å². The molecule has 14 heteroatoms. The summed E-state index contributed by atoms with van der Waals surface area (Å²) in [6.45, 7) is 2.10. The number of hydrogen-bond donors (Lipinski definition) is 2. The Bertz CT molecular complexity index is 1710. The van der Waals surface area contributed by atoms with E-state index >= 15 is 0 Å². The lowest BCUT2D eigenvalue weighted by molar-refractivity contribution is -0.138. The maximum Gasteiger partial charge on any atom is 0.417 e. The molecule has 3 aliphatic carbocycles. The first-order chi connectivity index (χ1) is 20.8. The summed E-state index contributed by atoms with van der Waals surface area (Å²) in [6.07, 6.45) is 5.45. The van der Waals surface area contributed by atoms with Gasteiger partial charge in [-0.15, -0.1) is 0 Å². The third-order valence-corrected chi connectivity index (χ3v) is 9.46. The highest BCUT2D eigenvalue weighted by Gasteiger charge is 2.55. The minimum atomic E-state index is -4.74. The summed E-state index contributed by atoms with van der Waals surface area (Å²) in [5, 5.41) is 27.3. The van der Waals surface area contributed by atoms with Crippen LogP contribution in [0.1, 0.15) is 90.9 Å². The Hall–Kier alpha value is -3.48. The summed E-state index contributed by atoms with van der Waals surface area (Å²) in [5.41, 5.74) is 0.0613. The molecule has 0 aliphatic heterocycles. The van der Waals surface area contributed by atoms with Crippen molar-refractivity contribution in [3.63, 3.8) is 0 Å². The molecule has 0 atom stereocenters.